The second-order valence-electron chi connectivity index (χ2n) is 5.15. The Kier molecular flexibility index (Phi) is 3.50. The van der Waals surface area contributed by atoms with Gasteiger partial charge in [0, 0.05) is 23.2 Å². The Morgan fingerprint density at radius 2 is 2.10 bits per heavy atom. The lowest BCUT2D eigenvalue weighted by molar-refractivity contribution is 0.102. The van der Waals surface area contributed by atoms with Crippen LogP contribution in [0.15, 0.2) is 30.3 Å². The van der Waals surface area contributed by atoms with E-state index >= 15 is 0 Å². The van der Waals surface area contributed by atoms with E-state index in [1.807, 2.05) is 6.07 Å². The second-order valence-corrected chi connectivity index (χ2v) is 5.15. The SMILES string of the molecule is O=C(Nc1cc(C2CCCC2)[nH]n1)c1cccc(F)c1. The van der Waals surface area contributed by atoms with E-state index in [-0.39, 0.29) is 11.5 Å². The molecule has 1 fully saturated rings. The molecule has 3 rings (SSSR count). The van der Waals surface area contributed by atoms with Gasteiger partial charge in [-0.15, -0.1) is 0 Å². The minimum Gasteiger partial charge on any atom is -0.305 e. The van der Waals surface area contributed by atoms with Crippen LogP contribution in [0.3, 0.4) is 0 Å². The third-order valence-electron chi connectivity index (χ3n) is 3.72. The first-order chi connectivity index (χ1) is 9.72. The van der Waals surface area contributed by atoms with Crippen molar-refractivity contribution in [2.24, 2.45) is 0 Å². The van der Waals surface area contributed by atoms with Gasteiger partial charge in [0.05, 0.1) is 0 Å². The zero-order valence-corrected chi connectivity index (χ0v) is 11.0. The molecule has 4 nitrogen and oxygen atoms in total. The fourth-order valence-corrected chi connectivity index (χ4v) is 2.66. The maximum absolute atomic E-state index is 13.1. The van der Waals surface area contributed by atoms with Crippen molar-refractivity contribution in [1.29, 1.82) is 0 Å². The van der Waals surface area contributed by atoms with Crippen molar-refractivity contribution in [3.05, 3.63) is 47.4 Å². The molecule has 2 aromatic rings. The maximum atomic E-state index is 13.1. The predicted octanol–water partition coefficient (Wildman–Crippen LogP) is 3.46. The van der Waals surface area contributed by atoms with Crippen molar-refractivity contribution in [3.63, 3.8) is 0 Å². The van der Waals surface area contributed by atoms with Gasteiger partial charge < -0.3 is 5.32 Å². The van der Waals surface area contributed by atoms with Crippen LogP contribution in [0.5, 0.6) is 0 Å². The van der Waals surface area contributed by atoms with Crippen molar-refractivity contribution in [1.82, 2.24) is 10.2 Å². The van der Waals surface area contributed by atoms with E-state index in [1.54, 1.807) is 6.07 Å². The van der Waals surface area contributed by atoms with Crippen molar-refractivity contribution < 1.29 is 9.18 Å². The zero-order valence-electron chi connectivity index (χ0n) is 11.0. The highest BCUT2D eigenvalue weighted by molar-refractivity contribution is 6.03. The summed E-state index contributed by atoms with van der Waals surface area (Å²) in [6.45, 7) is 0. The molecule has 0 atom stereocenters. The zero-order chi connectivity index (χ0) is 13.9. The van der Waals surface area contributed by atoms with E-state index in [1.165, 1.54) is 43.9 Å². The van der Waals surface area contributed by atoms with Crippen LogP contribution < -0.4 is 5.32 Å². The minimum atomic E-state index is -0.425. The van der Waals surface area contributed by atoms with Crippen LogP contribution in [0.25, 0.3) is 0 Å². The summed E-state index contributed by atoms with van der Waals surface area (Å²) in [5.41, 5.74) is 1.35. The van der Waals surface area contributed by atoms with Crippen molar-refractivity contribution >= 4 is 11.7 Å². The van der Waals surface area contributed by atoms with Crippen LogP contribution in [0.4, 0.5) is 10.2 Å². The average Bonchev–Trinajstić information content (AvgIpc) is 3.08. The molecule has 1 amide bonds. The number of nitrogens with one attached hydrogen (secondary N) is 2. The van der Waals surface area contributed by atoms with Gasteiger partial charge in [-0.05, 0) is 31.0 Å². The molecule has 1 aliphatic carbocycles. The molecule has 1 aromatic heterocycles. The molecule has 1 saturated carbocycles. The number of amides is 1. The smallest absolute Gasteiger partial charge is 0.256 e. The summed E-state index contributed by atoms with van der Waals surface area (Å²) in [6.07, 6.45) is 4.82. The molecule has 0 bridgehead atoms. The number of hydrogen-bond acceptors (Lipinski definition) is 2. The molecule has 0 spiro atoms. The molecule has 5 heteroatoms. The van der Waals surface area contributed by atoms with Gasteiger partial charge >= 0.3 is 0 Å². The second kappa shape index (κ2) is 5.45. The topological polar surface area (TPSA) is 57.8 Å². The van der Waals surface area contributed by atoms with Crippen molar-refractivity contribution in [3.8, 4) is 0 Å². The van der Waals surface area contributed by atoms with Gasteiger partial charge in [-0.2, -0.15) is 5.10 Å². The van der Waals surface area contributed by atoms with Gasteiger partial charge in [0.15, 0.2) is 5.82 Å². The number of anilines is 1. The third-order valence-corrected chi connectivity index (χ3v) is 3.72. The van der Waals surface area contributed by atoms with Gasteiger partial charge in [-0.3, -0.25) is 9.89 Å². The lowest BCUT2D eigenvalue weighted by atomic mass is 10.0. The van der Waals surface area contributed by atoms with E-state index in [2.05, 4.69) is 15.5 Å². The van der Waals surface area contributed by atoms with E-state index in [4.69, 9.17) is 0 Å². The highest BCUT2D eigenvalue weighted by Crippen LogP contribution is 2.33. The number of halogens is 1. The summed E-state index contributed by atoms with van der Waals surface area (Å²) in [6, 6.07) is 7.47. The molecule has 0 aliphatic heterocycles. The summed E-state index contributed by atoms with van der Waals surface area (Å²) in [5, 5.41) is 9.76. The Hall–Kier alpha value is -2.17. The molecule has 1 aliphatic rings. The van der Waals surface area contributed by atoms with Crippen molar-refractivity contribution in [2.75, 3.05) is 5.32 Å². The molecule has 0 saturated heterocycles. The molecular formula is C15H16FN3O. The van der Waals surface area contributed by atoms with Crippen LogP contribution in [-0.4, -0.2) is 16.1 Å². The maximum Gasteiger partial charge on any atom is 0.256 e. The standard InChI is InChI=1S/C15H16FN3O/c16-12-7-3-6-11(8-12)15(20)17-14-9-13(18-19-14)10-4-1-2-5-10/h3,6-10H,1-2,4-5H2,(H2,17,18,19,20). The van der Waals surface area contributed by atoms with Gasteiger partial charge in [-0.25, -0.2) is 4.39 Å². The number of aromatic nitrogens is 2. The number of benzene rings is 1. The lowest BCUT2D eigenvalue weighted by Crippen LogP contribution is -2.12. The molecule has 2 N–H and O–H groups in total. The highest BCUT2D eigenvalue weighted by atomic mass is 19.1. The molecular weight excluding hydrogens is 257 g/mol. The third kappa shape index (κ3) is 2.71. The van der Waals surface area contributed by atoms with Gasteiger partial charge in [0.2, 0.25) is 0 Å². The number of rotatable bonds is 3. The molecule has 1 heterocycles. The Morgan fingerprint density at radius 3 is 2.85 bits per heavy atom. The number of nitrogens with zero attached hydrogens (tertiary/aromatic N) is 1. The Morgan fingerprint density at radius 1 is 1.30 bits per heavy atom. The largest absolute Gasteiger partial charge is 0.305 e. The van der Waals surface area contributed by atoms with E-state index in [0.717, 1.165) is 5.69 Å². The van der Waals surface area contributed by atoms with Crippen LogP contribution in [0.2, 0.25) is 0 Å². The first kappa shape index (κ1) is 12.8. The fourth-order valence-electron chi connectivity index (χ4n) is 2.66. The van der Waals surface area contributed by atoms with Crippen LogP contribution >= 0.6 is 0 Å². The summed E-state index contributed by atoms with van der Waals surface area (Å²) < 4.78 is 13.1. The number of carbonyl (C=O) groups excluding carboxylic acids is 1. The Bertz CT molecular complexity index is 617. The molecule has 0 unspecified atom stereocenters. The molecule has 20 heavy (non-hydrogen) atoms. The van der Waals surface area contributed by atoms with Gasteiger partial charge in [0.1, 0.15) is 5.82 Å². The Labute approximate surface area is 116 Å². The van der Waals surface area contributed by atoms with Gasteiger partial charge in [-0.1, -0.05) is 18.9 Å². The number of carbonyl (C=O) groups is 1. The monoisotopic (exact) mass is 273 g/mol. The summed E-state index contributed by atoms with van der Waals surface area (Å²) in [7, 11) is 0. The predicted molar refractivity (Wildman–Crippen MR) is 74.1 cm³/mol. The number of hydrogen-bond donors (Lipinski definition) is 2. The highest BCUT2D eigenvalue weighted by Gasteiger charge is 2.19. The summed E-state index contributed by atoms with van der Waals surface area (Å²) >= 11 is 0. The molecule has 0 radical (unpaired) electrons. The first-order valence-corrected chi connectivity index (χ1v) is 6.84. The fraction of sp³-hybridized carbons (Fsp3) is 0.333. The Balaban J connectivity index is 1.70. The summed E-state index contributed by atoms with van der Waals surface area (Å²) in [4.78, 5) is 12.0. The van der Waals surface area contributed by atoms with E-state index in [0.29, 0.717) is 11.7 Å². The summed E-state index contributed by atoms with van der Waals surface area (Å²) in [5.74, 6) is 0.226. The number of H-pyrrole nitrogens is 1. The van der Waals surface area contributed by atoms with Crippen LogP contribution in [0, 0.1) is 5.82 Å². The van der Waals surface area contributed by atoms with E-state index in [9.17, 15) is 9.18 Å². The molecule has 1 aromatic carbocycles. The normalized spacial score (nSPS) is 15.4. The lowest BCUT2D eigenvalue weighted by Gasteiger charge is -2.03. The van der Waals surface area contributed by atoms with E-state index < -0.39 is 5.82 Å². The van der Waals surface area contributed by atoms with Crippen LogP contribution in [-0.2, 0) is 0 Å². The minimum absolute atomic E-state index is 0.287. The first-order valence-electron chi connectivity index (χ1n) is 6.84. The van der Waals surface area contributed by atoms with Gasteiger partial charge in [0.25, 0.3) is 5.91 Å². The molecule has 104 valence electrons. The quantitative estimate of drug-likeness (QED) is 0.899. The number of aromatic amines is 1. The average molecular weight is 273 g/mol. The van der Waals surface area contributed by atoms with Crippen molar-refractivity contribution in [2.45, 2.75) is 31.6 Å². The van der Waals surface area contributed by atoms with Crippen LogP contribution in [0.1, 0.15) is 47.7 Å².